The van der Waals surface area contributed by atoms with E-state index in [0.717, 1.165) is 0 Å². The molecule has 1 saturated heterocycles. The summed E-state index contributed by atoms with van der Waals surface area (Å²) < 4.78 is 16.5. The predicted molar refractivity (Wildman–Crippen MR) is 94.7 cm³/mol. The van der Waals surface area contributed by atoms with Gasteiger partial charge in [-0.1, -0.05) is 0 Å². The van der Waals surface area contributed by atoms with Crippen molar-refractivity contribution in [3.05, 3.63) is 22.3 Å². The van der Waals surface area contributed by atoms with Crippen LogP contribution in [0.3, 0.4) is 0 Å². The van der Waals surface area contributed by atoms with Gasteiger partial charge in [-0.2, -0.15) is 0 Å². The van der Waals surface area contributed by atoms with E-state index < -0.39 is 11.6 Å². The highest BCUT2D eigenvalue weighted by Crippen LogP contribution is 2.27. The van der Waals surface area contributed by atoms with Crippen LogP contribution in [0.2, 0.25) is 0 Å². The first-order valence-electron chi connectivity index (χ1n) is 8.08. The van der Waals surface area contributed by atoms with Crippen molar-refractivity contribution >= 4 is 28.0 Å². The Hall–Kier alpha value is -1.83. The van der Waals surface area contributed by atoms with E-state index in [2.05, 4.69) is 25.7 Å². The molecule has 0 unspecified atom stereocenters. The van der Waals surface area contributed by atoms with Crippen LogP contribution in [0, 0.1) is 0 Å². The largest absolute Gasteiger partial charge is 0.473 e. The van der Waals surface area contributed by atoms with Crippen LogP contribution in [-0.4, -0.2) is 53.9 Å². The summed E-state index contributed by atoms with van der Waals surface area (Å²) >= 11 is 3.36. The van der Waals surface area contributed by atoms with Gasteiger partial charge in [0.2, 0.25) is 5.88 Å². The van der Waals surface area contributed by atoms with E-state index in [0.29, 0.717) is 41.8 Å². The molecule has 1 aromatic rings. The minimum Gasteiger partial charge on any atom is -0.473 e. The zero-order valence-corrected chi connectivity index (χ0v) is 16.5. The molecule has 0 bridgehead atoms. The molecule has 1 aliphatic rings. The molecule has 2 heterocycles. The van der Waals surface area contributed by atoms with Crippen LogP contribution >= 0.6 is 15.9 Å². The summed E-state index contributed by atoms with van der Waals surface area (Å²) in [5, 5.41) is 0. The number of amides is 1. The average molecular weight is 415 g/mol. The van der Waals surface area contributed by atoms with Crippen LogP contribution in [0.4, 0.5) is 4.79 Å². The van der Waals surface area contributed by atoms with Gasteiger partial charge in [0.05, 0.1) is 17.1 Å². The number of hydrogen-bond donors (Lipinski definition) is 0. The van der Waals surface area contributed by atoms with Gasteiger partial charge < -0.3 is 19.1 Å². The third-order valence-corrected chi connectivity index (χ3v) is 4.17. The zero-order valence-electron chi connectivity index (χ0n) is 14.9. The number of piperidine rings is 1. The van der Waals surface area contributed by atoms with E-state index in [4.69, 9.17) is 9.47 Å². The topological polar surface area (TPSA) is 78.0 Å². The van der Waals surface area contributed by atoms with Crippen molar-refractivity contribution in [2.75, 3.05) is 20.2 Å². The molecule has 0 saturated carbocycles. The molecule has 0 spiro atoms. The second-order valence-electron chi connectivity index (χ2n) is 6.79. The van der Waals surface area contributed by atoms with Crippen molar-refractivity contribution < 1.29 is 23.8 Å². The normalized spacial score (nSPS) is 15.6. The minimum atomic E-state index is -0.499. The number of nitrogens with zero attached hydrogens (tertiary/aromatic N) is 2. The Morgan fingerprint density at radius 2 is 1.92 bits per heavy atom. The number of likely N-dealkylation sites (tertiary alicyclic amines) is 1. The van der Waals surface area contributed by atoms with E-state index in [1.807, 2.05) is 20.8 Å². The lowest BCUT2D eigenvalue weighted by molar-refractivity contribution is 0.0122. The van der Waals surface area contributed by atoms with Crippen LogP contribution in [0.15, 0.2) is 16.7 Å². The fraction of sp³-hybridized carbons (Fsp3) is 0.588. The van der Waals surface area contributed by atoms with Crippen molar-refractivity contribution in [1.82, 2.24) is 9.88 Å². The van der Waals surface area contributed by atoms with Crippen LogP contribution < -0.4 is 4.74 Å². The Bertz CT molecular complexity index is 636. The molecule has 25 heavy (non-hydrogen) atoms. The maximum Gasteiger partial charge on any atom is 0.410 e. The van der Waals surface area contributed by atoms with Gasteiger partial charge in [0, 0.05) is 32.1 Å². The molecule has 0 atom stereocenters. The molecule has 0 aliphatic carbocycles. The number of carbonyl (C=O) groups is 2. The second-order valence-corrected chi connectivity index (χ2v) is 7.64. The highest BCUT2D eigenvalue weighted by atomic mass is 79.9. The second kappa shape index (κ2) is 8.03. The van der Waals surface area contributed by atoms with Crippen molar-refractivity contribution in [2.45, 2.75) is 45.3 Å². The molecule has 1 aliphatic heterocycles. The smallest absolute Gasteiger partial charge is 0.410 e. The van der Waals surface area contributed by atoms with E-state index in [1.54, 1.807) is 11.0 Å². The lowest BCUT2D eigenvalue weighted by Crippen LogP contribution is -2.44. The number of halogens is 1. The van der Waals surface area contributed by atoms with Crippen LogP contribution in [-0.2, 0) is 9.47 Å². The molecule has 8 heteroatoms. The Morgan fingerprint density at radius 3 is 2.44 bits per heavy atom. The van der Waals surface area contributed by atoms with Crippen molar-refractivity contribution in [3.63, 3.8) is 0 Å². The predicted octanol–water partition coefficient (Wildman–Crippen LogP) is 3.41. The fourth-order valence-electron chi connectivity index (χ4n) is 2.38. The summed E-state index contributed by atoms with van der Waals surface area (Å²) in [5.41, 5.74) is -0.151. The number of aromatic nitrogens is 1. The van der Waals surface area contributed by atoms with Gasteiger partial charge >= 0.3 is 12.1 Å². The first-order valence-corrected chi connectivity index (χ1v) is 8.87. The first-order chi connectivity index (χ1) is 11.7. The Morgan fingerprint density at radius 1 is 1.28 bits per heavy atom. The number of rotatable bonds is 3. The fourth-order valence-corrected chi connectivity index (χ4v) is 2.82. The maximum atomic E-state index is 12.1. The van der Waals surface area contributed by atoms with Gasteiger partial charge in [0.15, 0.2) is 0 Å². The van der Waals surface area contributed by atoms with Gasteiger partial charge in [-0.05, 0) is 42.8 Å². The van der Waals surface area contributed by atoms with Crippen LogP contribution in [0.5, 0.6) is 5.88 Å². The summed E-state index contributed by atoms with van der Waals surface area (Å²) in [6.45, 7) is 6.68. The highest BCUT2D eigenvalue weighted by Gasteiger charge is 2.28. The number of hydrogen-bond acceptors (Lipinski definition) is 6. The quantitative estimate of drug-likeness (QED) is 0.705. The van der Waals surface area contributed by atoms with Gasteiger partial charge in [-0.3, -0.25) is 0 Å². The first kappa shape index (κ1) is 19.5. The Kier molecular flexibility index (Phi) is 6.26. The van der Waals surface area contributed by atoms with E-state index in [1.165, 1.54) is 13.3 Å². The van der Waals surface area contributed by atoms with Crippen molar-refractivity contribution in [1.29, 1.82) is 0 Å². The molecule has 0 N–H and O–H groups in total. The molecule has 1 amide bonds. The molecule has 2 rings (SSSR count). The van der Waals surface area contributed by atoms with E-state index in [9.17, 15) is 9.59 Å². The Balaban J connectivity index is 1.90. The van der Waals surface area contributed by atoms with Crippen LogP contribution in [0.25, 0.3) is 0 Å². The standard InChI is InChI=1S/C17H23BrN2O5/c1-17(2,3)25-16(22)20-7-5-12(6-8-20)24-14-13(18)9-11(10-19-14)15(21)23-4/h9-10,12H,5-8H2,1-4H3. The summed E-state index contributed by atoms with van der Waals surface area (Å²) in [6.07, 6.45) is 2.44. The molecule has 0 aromatic carbocycles. The van der Waals surface area contributed by atoms with Crippen LogP contribution in [0.1, 0.15) is 44.0 Å². The minimum absolute atomic E-state index is 0.0496. The highest BCUT2D eigenvalue weighted by molar-refractivity contribution is 9.10. The monoisotopic (exact) mass is 414 g/mol. The molecule has 1 fully saturated rings. The lowest BCUT2D eigenvalue weighted by Gasteiger charge is -2.33. The van der Waals surface area contributed by atoms with E-state index in [-0.39, 0.29) is 12.2 Å². The third-order valence-electron chi connectivity index (χ3n) is 3.60. The summed E-state index contributed by atoms with van der Waals surface area (Å²) in [5.74, 6) is -0.0335. The lowest BCUT2D eigenvalue weighted by atomic mass is 10.1. The van der Waals surface area contributed by atoms with Gasteiger partial charge in [0.1, 0.15) is 11.7 Å². The number of carbonyl (C=O) groups excluding carboxylic acids is 2. The molecule has 138 valence electrons. The SMILES string of the molecule is COC(=O)c1cnc(OC2CCN(C(=O)OC(C)(C)C)CC2)c(Br)c1. The zero-order chi connectivity index (χ0) is 18.6. The number of ether oxygens (including phenoxy) is 3. The average Bonchev–Trinajstić information content (AvgIpc) is 2.55. The number of esters is 1. The third kappa shape index (κ3) is 5.59. The number of methoxy groups -OCH3 is 1. The molecular weight excluding hydrogens is 392 g/mol. The molecule has 7 nitrogen and oxygen atoms in total. The summed E-state index contributed by atoms with van der Waals surface area (Å²) in [6, 6.07) is 1.62. The van der Waals surface area contributed by atoms with Crippen molar-refractivity contribution in [2.24, 2.45) is 0 Å². The van der Waals surface area contributed by atoms with Gasteiger partial charge in [0.25, 0.3) is 0 Å². The van der Waals surface area contributed by atoms with Crippen molar-refractivity contribution in [3.8, 4) is 5.88 Å². The molecule has 0 radical (unpaired) electrons. The molecule has 1 aromatic heterocycles. The summed E-state index contributed by atoms with van der Waals surface area (Å²) in [7, 11) is 1.32. The van der Waals surface area contributed by atoms with Gasteiger partial charge in [-0.25, -0.2) is 14.6 Å². The number of pyridine rings is 1. The van der Waals surface area contributed by atoms with Gasteiger partial charge in [-0.15, -0.1) is 0 Å². The Labute approximate surface area is 155 Å². The maximum absolute atomic E-state index is 12.1. The molecular formula is C17H23BrN2O5. The van der Waals surface area contributed by atoms with E-state index >= 15 is 0 Å². The summed E-state index contributed by atoms with van der Waals surface area (Å²) in [4.78, 5) is 29.4.